The van der Waals surface area contributed by atoms with E-state index in [0.29, 0.717) is 6.61 Å². The van der Waals surface area contributed by atoms with Gasteiger partial charge in [-0.3, -0.25) is 0 Å². The van der Waals surface area contributed by atoms with Crippen LogP contribution in [-0.4, -0.2) is 33.1 Å². The molecule has 0 saturated heterocycles. The SMILES string of the molecule is C/C=C/COc1cc(C)c(OCCCCCCOc2ccc(C/C=N/OC)cc2)c(C)c1. The summed E-state index contributed by atoms with van der Waals surface area (Å²) in [7, 11) is 1.55. The maximum atomic E-state index is 6.05. The number of hydrogen-bond donors (Lipinski definition) is 0. The van der Waals surface area contributed by atoms with E-state index in [2.05, 4.69) is 36.0 Å². The molecule has 0 aliphatic rings. The van der Waals surface area contributed by atoms with Crippen LogP contribution in [-0.2, 0) is 11.3 Å². The van der Waals surface area contributed by atoms with Crippen molar-refractivity contribution in [2.24, 2.45) is 5.16 Å². The number of unbranched alkanes of at least 4 members (excludes halogenated alkanes) is 3. The predicted octanol–water partition coefficient (Wildman–Crippen LogP) is 6.45. The summed E-state index contributed by atoms with van der Waals surface area (Å²) >= 11 is 0. The highest BCUT2D eigenvalue weighted by Crippen LogP contribution is 2.28. The van der Waals surface area contributed by atoms with Gasteiger partial charge in [0.2, 0.25) is 0 Å². The fourth-order valence-electron chi connectivity index (χ4n) is 3.32. The summed E-state index contributed by atoms with van der Waals surface area (Å²) in [5, 5.41) is 3.75. The first-order valence-electron chi connectivity index (χ1n) is 11.4. The van der Waals surface area contributed by atoms with Crippen LogP contribution in [0.1, 0.15) is 49.3 Å². The molecule has 0 saturated carbocycles. The summed E-state index contributed by atoms with van der Waals surface area (Å²) in [6, 6.07) is 12.2. The Hall–Kier alpha value is -2.95. The monoisotopic (exact) mass is 439 g/mol. The first-order chi connectivity index (χ1) is 15.6. The molecule has 2 aromatic rings. The van der Waals surface area contributed by atoms with Crippen molar-refractivity contribution in [1.82, 2.24) is 0 Å². The molecule has 0 aliphatic carbocycles. The summed E-state index contributed by atoms with van der Waals surface area (Å²) in [4.78, 5) is 4.67. The van der Waals surface area contributed by atoms with Crippen molar-refractivity contribution in [2.45, 2.75) is 52.9 Å². The molecule has 0 unspecified atom stereocenters. The van der Waals surface area contributed by atoms with Gasteiger partial charge in [0.05, 0.1) is 13.2 Å². The van der Waals surface area contributed by atoms with Crippen molar-refractivity contribution in [3.05, 3.63) is 65.2 Å². The Morgan fingerprint density at radius 3 is 2.09 bits per heavy atom. The van der Waals surface area contributed by atoms with E-state index in [9.17, 15) is 0 Å². The smallest absolute Gasteiger partial charge is 0.125 e. The second kappa shape index (κ2) is 15.0. The van der Waals surface area contributed by atoms with Crippen LogP contribution in [0.15, 0.2) is 53.7 Å². The Labute approximate surface area is 193 Å². The second-order valence-corrected chi connectivity index (χ2v) is 7.70. The number of aryl methyl sites for hydroxylation is 2. The molecule has 2 rings (SSSR count). The second-order valence-electron chi connectivity index (χ2n) is 7.70. The fraction of sp³-hybridized carbons (Fsp3) is 0.444. The lowest BCUT2D eigenvalue weighted by Crippen LogP contribution is -2.03. The molecule has 0 amide bonds. The molecule has 0 spiro atoms. The van der Waals surface area contributed by atoms with E-state index in [1.165, 1.54) is 5.56 Å². The molecular weight excluding hydrogens is 402 g/mol. The average molecular weight is 440 g/mol. The van der Waals surface area contributed by atoms with Crippen LogP contribution in [0.2, 0.25) is 0 Å². The lowest BCUT2D eigenvalue weighted by Gasteiger charge is -2.14. The summed E-state index contributed by atoms with van der Waals surface area (Å²) in [6.07, 6.45) is 10.8. The van der Waals surface area contributed by atoms with Crippen molar-refractivity contribution < 1.29 is 19.0 Å². The quantitative estimate of drug-likeness (QED) is 0.138. The van der Waals surface area contributed by atoms with Gasteiger partial charge < -0.3 is 19.0 Å². The number of oxime groups is 1. The largest absolute Gasteiger partial charge is 0.494 e. The maximum absolute atomic E-state index is 6.05. The molecule has 0 aliphatic heterocycles. The zero-order valence-electron chi connectivity index (χ0n) is 19.9. The summed E-state index contributed by atoms with van der Waals surface area (Å²) in [6.45, 7) is 8.19. The molecule has 0 fully saturated rings. The third-order valence-corrected chi connectivity index (χ3v) is 5.00. The van der Waals surface area contributed by atoms with Crippen LogP contribution in [0.4, 0.5) is 0 Å². The zero-order valence-corrected chi connectivity index (χ0v) is 19.9. The first kappa shape index (κ1) is 25.3. The van der Waals surface area contributed by atoms with Crippen molar-refractivity contribution in [3.63, 3.8) is 0 Å². The minimum atomic E-state index is 0.592. The van der Waals surface area contributed by atoms with E-state index in [1.807, 2.05) is 43.3 Å². The van der Waals surface area contributed by atoms with Gasteiger partial charge in [0, 0.05) is 12.6 Å². The van der Waals surface area contributed by atoms with Gasteiger partial charge in [0.1, 0.15) is 31.0 Å². The number of ether oxygens (including phenoxy) is 3. The minimum Gasteiger partial charge on any atom is -0.494 e. The zero-order chi connectivity index (χ0) is 23.0. The molecule has 5 heteroatoms. The molecular formula is C27H37NO4. The number of hydrogen-bond acceptors (Lipinski definition) is 5. The fourth-order valence-corrected chi connectivity index (χ4v) is 3.32. The number of benzene rings is 2. The Bertz CT molecular complexity index is 820. The van der Waals surface area contributed by atoms with Crippen LogP contribution in [0.5, 0.6) is 17.2 Å². The standard InChI is InChI=1S/C27H37NO4/c1-5-6-17-31-26-20-22(2)27(23(3)21-26)32-19-10-8-7-9-18-30-25-13-11-24(12-14-25)15-16-28-29-4/h5-6,11-14,16,20-21H,7-10,15,17-19H2,1-4H3/b6-5+,28-16+. The third kappa shape index (κ3) is 9.46. The molecule has 0 atom stereocenters. The predicted molar refractivity (Wildman–Crippen MR) is 131 cm³/mol. The highest BCUT2D eigenvalue weighted by atomic mass is 16.6. The lowest BCUT2D eigenvalue weighted by molar-refractivity contribution is 0.215. The van der Waals surface area contributed by atoms with Crippen molar-refractivity contribution in [2.75, 3.05) is 26.9 Å². The molecule has 0 heterocycles. The van der Waals surface area contributed by atoms with Gasteiger partial charge in [-0.1, -0.05) is 29.4 Å². The van der Waals surface area contributed by atoms with E-state index in [1.54, 1.807) is 13.3 Å². The number of nitrogens with zero attached hydrogens (tertiary/aromatic N) is 1. The maximum Gasteiger partial charge on any atom is 0.125 e. The lowest BCUT2D eigenvalue weighted by atomic mass is 10.1. The Kier molecular flexibility index (Phi) is 11.8. The van der Waals surface area contributed by atoms with Crippen LogP contribution in [0, 0.1) is 13.8 Å². The summed E-state index contributed by atoms with van der Waals surface area (Å²) in [5.74, 6) is 2.77. The van der Waals surface area contributed by atoms with Gasteiger partial charge in [-0.15, -0.1) is 0 Å². The topological polar surface area (TPSA) is 49.3 Å². The molecule has 0 bridgehead atoms. The average Bonchev–Trinajstić information content (AvgIpc) is 2.78. The molecule has 0 radical (unpaired) electrons. The third-order valence-electron chi connectivity index (χ3n) is 5.00. The van der Waals surface area contributed by atoms with Gasteiger partial charge in [-0.05, 0) is 87.4 Å². The molecule has 2 aromatic carbocycles. The van der Waals surface area contributed by atoms with Gasteiger partial charge in [-0.25, -0.2) is 0 Å². The Morgan fingerprint density at radius 2 is 1.47 bits per heavy atom. The molecule has 5 nitrogen and oxygen atoms in total. The van der Waals surface area contributed by atoms with Crippen LogP contribution >= 0.6 is 0 Å². The van der Waals surface area contributed by atoms with Gasteiger partial charge in [-0.2, -0.15) is 0 Å². The Morgan fingerprint density at radius 1 is 0.812 bits per heavy atom. The number of allylic oxidation sites excluding steroid dienone is 1. The van der Waals surface area contributed by atoms with E-state index < -0.39 is 0 Å². The highest BCUT2D eigenvalue weighted by Gasteiger charge is 2.07. The normalized spacial score (nSPS) is 11.2. The highest BCUT2D eigenvalue weighted by molar-refractivity contribution is 5.60. The molecule has 0 N–H and O–H groups in total. The minimum absolute atomic E-state index is 0.592. The van der Waals surface area contributed by atoms with Gasteiger partial charge >= 0.3 is 0 Å². The summed E-state index contributed by atoms with van der Waals surface area (Å²) < 4.78 is 17.6. The first-order valence-corrected chi connectivity index (χ1v) is 11.4. The van der Waals surface area contributed by atoms with Crippen molar-refractivity contribution >= 4 is 6.21 Å². The van der Waals surface area contributed by atoms with Gasteiger partial charge in [0.15, 0.2) is 0 Å². The van der Waals surface area contributed by atoms with E-state index in [0.717, 1.165) is 73.7 Å². The van der Waals surface area contributed by atoms with Crippen molar-refractivity contribution in [1.29, 1.82) is 0 Å². The van der Waals surface area contributed by atoms with E-state index in [4.69, 9.17) is 14.2 Å². The molecule has 0 aromatic heterocycles. The number of rotatable bonds is 15. The Balaban J connectivity index is 1.59. The van der Waals surface area contributed by atoms with Crippen LogP contribution < -0.4 is 14.2 Å². The van der Waals surface area contributed by atoms with Gasteiger partial charge in [0.25, 0.3) is 0 Å². The van der Waals surface area contributed by atoms with Crippen LogP contribution in [0.3, 0.4) is 0 Å². The van der Waals surface area contributed by atoms with Crippen molar-refractivity contribution in [3.8, 4) is 17.2 Å². The summed E-state index contributed by atoms with van der Waals surface area (Å²) in [5.41, 5.74) is 3.41. The molecule has 174 valence electrons. The van der Waals surface area contributed by atoms with E-state index >= 15 is 0 Å². The molecule has 32 heavy (non-hydrogen) atoms. The van der Waals surface area contributed by atoms with E-state index in [-0.39, 0.29) is 0 Å². The van der Waals surface area contributed by atoms with Crippen LogP contribution in [0.25, 0.3) is 0 Å².